The van der Waals surface area contributed by atoms with E-state index in [4.69, 9.17) is 14.2 Å². The molecule has 4 heteroatoms. The lowest BCUT2D eigenvalue weighted by atomic mass is 10.1. The fraction of sp³-hybridized carbons (Fsp3) is 0.667. The van der Waals surface area contributed by atoms with Crippen molar-refractivity contribution in [2.45, 2.75) is 71.7 Å². The van der Waals surface area contributed by atoms with Gasteiger partial charge in [-0.05, 0) is 38.3 Å². The number of ether oxygens (including phenoxy) is 3. The van der Waals surface area contributed by atoms with Crippen molar-refractivity contribution >= 4 is 0 Å². The van der Waals surface area contributed by atoms with Crippen LogP contribution >= 0.6 is 0 Å². The molecule has 0 amide bonds. The fourth-order valence-electron chi connectivity index (χ4n) is 2.71. The van der Waals surface area contributed by atoms with Crippen molar-refractivity contribution < 1.29 is 19.3 Å². The number of aliphatic hydroxyl groups is 1. The molecule has 0 bridgehead atoms. The van der Waals surface area contributed by atoms with Gasteiger partial charge < -0.3 is 19.3 Å². The smallest absolute Gasteiger partial charge is 0.158 e. The van der Waals surface area contributed by atoms with Crippen LogP contribution in [-0.2, 0) is 20.8 Å². The van der Waals surface area contributed by atoms with Gasteiger partial charge in [0.15, 0.2) is 6.29 Å². The Labute approximate surface area is 133 Å². The average molecular weight is 308 g/mol. The molecule has 2 rings (SSSR count). The van der Waals surface area contributed by atoms with Crippen molar-refractivity contribution in [2.75, 3.05) is 6.61 Å². The number of aliphatic hydroxyl groups excluding tert-OH is 1. The van der Waals surface area contributed by atoms with Crippen LogP contribution in [0.3, 0.4) is 0 Å². The predicted molar refractivity (Wildman–Crippen MR) is 85.7 cm³/mol. The Morgan fingerprint density at radius 1 is 1.36 bits per heavy atom. The summed E-state index contributed by atoms with van der Waals surface area (Å²) in [6.07, 6.45) is 0.443. The van der Waals surface area contributed by atoms with Gasteiger partial charge in [0.2, 0.25) is 0 Å². The third-order valence-electron chi connectivity index (χ3n) is 4.08. The van der Waals surface area contributed by atoms with Crippen LogP contribution in [0.15, 0.2) is 18.2 Å². The van der Waals surface area contributed by atoms with Gasteiger partial charge in [-0.3, -0.25) is 0 Å². The number of aryl methyl sites for hydroxylation is 2. The van der Waals surface area contributed by atoms with Crippen molar-refractivity contribution in [1.29, 1.82) is 0 Å². The lowest BCUT2D eigenvalue weighted by Crippen LogP contribution is -2.50. The maximum atomic E-state index is 9.97. The summed E-state index contributed by atoms with van der Waals surface area (Å²) < 4.78 is 17.5. The molecule has 1 aromatic rings. The van der Waals surface area contributed by atoms with Crippen LogP contribution in [0, 0.1) is 13.8 Å². The lowest BCUT2D eigenvalue weighted by Gasteiger charge is -2.37. The van der Waals surface area contributed by atoms with Gasteiger partial charge in [-0.25, -0.2) is 0 Å². The second-order valence-corrected chi connectivity index (χ2v) is 6.17. The van der Waals surface area contributed by atoms with Crippen molar-refractivity contribution in [3.63, 3.8) is 0 Å². The summed E-state index contributed by atoms with van der Waals surface area (Å²) in [7, 11) is 0. The van der Waals surface area contributed by atoms with Crippen molar-refractivity contribution in [3.05, 3.63) is 34.9 Å². The summed E-state index contributed by atoms with van der Waals surface area (Å²) in [5.41, 5.74) is 3.59. The quantitative estimate of drug-likeness (QED) is 0.877. The maximum absolute atomic E-state index is 9.97. The minimum atomic E-state index is -0.577. The normalized spacial score (nSPS) is 26.9. The van der Waals surface area contributed by atoms with Crippen LogP contribution in [0.25, 0.3) is 0 Å². The molecule has 1 aliphatic heterocycles. The minimum absolute atomic E-state index is 0.231. The van der Waals surface area contributed by atoms with Gasteiger partial charge in [-0.2, -0.15) is 0 Å². The predicted octanol–water partition coefficient (Wildman–Crippen LogP) is 3.11. The van der Waals surface area contributed by atoms with Crippen molar-refractivity contribution in [2.24, 2.45) is 0 Å². The molecule has 0 radical (unpaired) electrons. The second-order valence-electron chi connectivity index (χ2n) is 6.17. The first kappa shape index (κ1) is 17.4. The van der Waals surface area contributed by atoms with E-state index in [1.54, 1.807) is 6.92 Å². The largest absolute Gasteiger partial charge is 0.391 e. The number of benzene rings is 1. The molecular weight excluding hydrogens is 280 g/mol. The Morgan fingerprint density at radius 2 is 2.14 bits per heavy atom. The molecule has 1 fully saturated rings. The van der Waals surface area contributed by atoms with E-state index in [2.05, 4.69) is 39.0 Å². The summed E-state index contributed by atoms with van der Waals surface area (Å²) in [6, 6.07) is 6.34. The first-order valence-electron chi connectivity index (χ1n) is 8.14. The van der Waals surface area contributed by atoms with Crippen LogP contribution in [0.4, 0.5) is 0 Å². The molecule has 1 saturated heterocycles. The highest BCUT2D eigenvalue weighted by molar-refractivity contribution is 5.29. The van der Waals surface area contributed by atoms with Crippen LogP contribution in [-0.4, -0.2) is 36.3 Å². The summed E-state index contributed by atoms with van der Waals surface area (Å²) in [5, 5.41) is 9.97. The lowest BCUT2D eigenvalue weighted by molar-refractivity contribution is -0.281. The van der Waals surface area contributed by atoms with E-state index in [1.165, 1.54) is 16.7 Å². The monoisotopic (exact) mass is 308 g/mol. The SMILES string of the molecule is CCC[C@H]1OC[C@@H](OCc2cc(C)ccc2C)[C@@H](C(C)O)O1. The Balaban J connectivity index is 1.97. The molecule has 0 saturated carbocycles. The number of rotatable bonds is 6. The molecule has 0 aromatic heterocycles. The second kappa shape index (κ2) is 8.06. The van der Waals surface area contributed by atoms with Gasteiger partial charge >= 0.3 is 0 Å². The minimum Gasteiger partial charge on any atom is -0.391 e. The fourth-order valence-corrected chi connectivity index (χ4v) is 2.71. The third kappa shape index (κ3) is 4.53. The van der Waals surface area contributed by atoms with E-state index < -0.39 is 6.10 Å². The molecule has 0 spiro atoms. The summed E-state index contributed by atoms with van der Waals surface area (Å²) in [5.74, 6) is 0. The Hall–Kier alpha value is -0.940. The first-order valence-corrected chi connectivity index (χ1v) is 8.14. The Morgan fingerprint density at radius 3 is 2.82 bits per heavy atom. The molecule has 124 valence electrons. The van der Waals surface area contributed by atoms with Gasteiger partial charge in [-0.1, -0.05) is 37.1 Å². The van der Waals surface area contributed by atoms with E-state index in [0.29, 0.717) is 13.2 Å². The zero-order valence-corrected chi connectivity index (χ0v) is 14.0. The zero-order valence-electron chi connectivity index (χ0n) is 14.0. The first-order chi connectivity index (χ1) is 10.5. The molecule has 0 aliphatic carbocycles. The summed E-state index contributed by atoms with van der Waals surface area (Å²) >= 11 is 0. The molecule has 1 N–H and O–H groups in total. The highest BCUT2D eigenvalue weighted by Gasteiger charge is 2.35. The Bertz CT molecular complexity index is 472. The maximum Gasteiger partial charge on any atom is 0.158 e. The molecule has 22 heavy (non-hydrogen) atoms. The highest BCUT2D eigenvalue weighted by Crippen LogP contribution is 2.23. The van der Waals surface area contributed by atoms with E-state index in [0.717, 1.165) is 12.8 Å². The molecule has 1 aromatic carbocycles. The van der Waals surface area contributed by atoms with Crippen LogP contribution < -0.4 is 0 Å². The van der Waals surface area contributed by atoms with E-state index >= 15 is 0 Å². The van der Waals surface area contributed by atoms with Crippen LogP contribution in [0.5, 0.6) is 0 Å². The van der Waals surface area contributed by atoms with E-state index in [9.17, 15) is 5.11 Å². The van der Waals surface area contributed by atoms with Gasteiger partial charge in [0, 0.05) is 0 Å². The number of hydrogen-bond donors (Lipinski definition) is 1. The van der Waals surface area contributed by atoms with E-state index in [-0.39, 0.29) is 18.5 Å². The molecule has 4 atom stereocenters. The standard InChI is InChI=1S/C18H28O4/c1-5-6-17-21-11-16(18(22-17)14(4)19)20-10-15-9-12(2)7-8-13(15)3/h7-9,14,16-19H,5-6,10-11H2,1-4H3/t14?,16-,17+,18-/m1/s1. The molecule has 4 nitrogen and oxygen atoms in total. The Kier molecular flexibility index (Phi) is 6.38. The topological polar surface area (TPSA) is 47.9 Å². The van der Waals surface area contributed by atoms with Crippen LogP contribution in [0.2, 0.25) is 0 Å². The van der Waals surface area contributed by atoms with Gasteiger partial charge in [0.25, 0.3) is 0 Å². The third-order valence-corrected chi connectivity index (χ3v) is 4.08. The molecule has 1 aliphatic rings. The molecular formula is C18H28O4. The van der Waals surface area contributed by atoms with E-state index in [1.807, 2.05) is 0 Å². The van der Waals surface area contributed by atoms with Gasteiger partial charge in [0.05, 0.1) is 19.3 Å². The average Bonchev–Trinajstić information content (AvgIpc) is 2.49. The highest BCUT2D eigenvalue weighted by atomic mass is 16.7. The number of hydrogen-bond acceptors (Lipinski definition) is 4. The van der Waals surface area contributed by atoms with Crippen molar-refractivity contribution in [1.82, 2.24) is 0 Å². The van der Waals surface area contributed by atoms with Crippen molar-refractivity contribution in [3.8, 4) is 0 Å². The van der Waals surface area contributed by atoms with Gasteiger partial charge in [0.1, 0.15) is 12.2 Å². The molecule has 1 unspecified atom stereocenters. The summed E-state index contributed by atoms with van der Waals surface area (Å²) in [6.45, 7) is 8.96. The summed E-state index contributed by atoms with van der Waals surface area (Å²) in [4.78, 5) is 0. The molecule has 1 heterocycles. The van der Waals surface area contributed by atoms with Gasteiger partial charge in [-0.15, -0.1) is 0 Å². The zero-order chi connectivity index (χ0) is 16.1. The van der Waals surface area contributed by atoms with Crippen LogP contribution in [0.1, 0.15) is 43.4 Å².